The van der Waals surface area contributed by atoms with Crippen molar-refractivity contribution >= 4 is 28.5 Å². The van der Waals surface area contributed by atoms with Gasteiger partial charge in [0.25, 0.3) is 5.91 Å². The summed E-state index contributed by atoms with van der Waals surface area (Å²) in [5, 5.41) is 14.9. The van der Waals surface area contributed by atoms with Crippen LogP contribution in [0.25, 0.3) is 11.2 Å². The van der Waals surface area contributed by atoms with Crippen molar-refractivity contribution in [3.05, 3.63) is 53.0 Å². The standard InChI is InChI=1S/C22H26N6O/c1-22(2,3)28-21(29)15-10-25-20-19(15)27-17(11-26-20)18(23)14-9-13(12-5-6-12)7-8-16(14)24-4/h7-12,23-24H,5-6H2,1-4H3,(H,25,26)(H,28,29). The Kier molecular flexibility index (Phi) is 4.61. The third-order valence-electron chi connectivity index (χ3n) is 5.00. The first-order valence-electron chi connectivity index (χ1n) is 9.84. The second kappa shape index (κ2) is 6.99. The molecule has 2 heterocycles. The summed E-state index contributed by atoms with van der Waals surface area (Å²) < 4.78 is 0. The van der Waals surface area contributed by atoms with Crippen molar-refractivity contribution in [3.63, 3.8) is 0 Å². The molecule has 7 nitrogen and oxygen atoms in total. The number of carbonyl (C=O) groups is 1. The van der Waals surface area contributed by atoms with Gasteiger partial charge in [0.1, 0.15) is 11.2 Å². The maximum atomic E-state index is 12.7. The van der Waals surface area contributed by atoms with Gasteiger partial charge in [-0.15, -0.1) is 0 Å². The zero-order valence-electron chi connectivity index (χ0n) is 17.2. The second-order valence-electron chi connectivity index (χ2n) is 8.56. The van der Waals surface area contributed by atoms with E-state index in [2.05, 4.69) is 37.7 Å². The smallest absolute Gasteiger partial charge is 0.255 e. The summed E-state index contributed by atoms with van der Waals surface area (Å²) in [7, 11) is 1.85. The van der Waals surface area contributed by atoms with Gasteiger partial charge in [-0.05, 0) is 57.2 Å². The van der Waals surface area contributed by atoms with Gasteiger partial charge in [-0.3, -0.25) is 10.2 Å². The van der Waals surface area contributed by atoms with Gasteiger partial charge in [-0.2, -0.15) is 0 Å². The molecule has 1 amide bonds. The Morgan fingerprint density at radius 2 is 2.00 bits per heavy atom. The van der Waals surface area contributed by atoms with Crippen molar-refractivity contribution in [3.8, 4) is 0 Å². The normalized spacial score (nSPS) is 14.1. The SMILES string of the molecule is CNc1ccc(C2CC2)cc1C(=N)c1cnc2[nH]cc(C(=O)NC(C)(C)C)c2n1. The molecule has 1 saturated carbocycles. The van der Waals surface area contributed by atoms with E-state index in [1.807, 2.05) is 33.9 Å². The summed E-state index contributed by atoms with van der Waals surface area (Å²) >= 11 is 0. The lowest BCUT2D eigenvalue weighted by Crippen LogP contribution is -2.40. The summed E-state index contributed by atoms with van der Waals surface area (Å²) in [6.45, 7) is 5.79. The highest BCUT2D eigenvalue weighted by molar-refractivity contribution is 6.14. The van der Waals surface area contributed by atoms with E-state index in [-0.39, 0.29) is 17.2 Å². The molecule has 29 heavy (non-hydrogen) atoms. The quantitative estimate of drug-likeness (QED) is 0.497. The summed E-state index contributed by atoms with van der Waals surface area (Å²) in [6, 6.07) is 6.21. The molecule has 2 aromatic heterocycles. The van der Waals surface area contributed by atoms with Gasteiger partial charge in [0.05, 0.1) is 17.5 Å². The average molecular weight is 390 g/mol. The van der Waals surface area contributed by atoms with Gasteiger partial charge in [0, 0.05) is 30.0 Å². The lowest BCUT2D eigenvalue weighted by Gasteiger charge is -2.20. The molecule has 0 aliphatic heterocycles. The van der Waals surface area contributed by atoms with Crippen LogP contribution in [0, 0.1) is 5.41 Å². The van der Waals surface area contributed by atoms with E-state index in [0.717, 1.165) is 11.3 Å². The summed E-state index contributed by atoms with van der Waals surface area (Å²) in [4.78, 5) is 24.7. The van der Waals surface area contributed by atoms with E-state index in [4.69, 9.17) is 5.41 Å². The molecule has 3 aromatic rings. The van der Waals surface area contributed by atoms with Crippen molar-refractivity contribution in [2.24, 2.45) is 0 Å². The molecule has 0 bridgehead atoms. The Labute approximate surface area is 169 Å². The zero-order chi connectivity index (χ0) is 20.8. The van der Waals surface area contributed by atoms with Crippen molar-refractivity contribution in [2.75, 3.05) is 12.4 Å². The van der Waals surface area contributed by atoms with Gasteiger partial charge < -0.3 is 15.6 Å². The zero-order valence-corrected chi connectivity index (χ0v) is 17.2. The third kappa shape index (κ3) is 3.85. The molecule has 7 heteroatoms. The fraction of sp³-hybridized carbons (Fsp3) is 0.364. The minimum absolute atomic E-state index is 0.214. The molecule has 1 aromatic carbocycles. The third-order valence-corrected chi connectivity index (χ3v) is 5.00. The number of benzene rings is 1. The van der Waals surface area contributed by atoms with Crippen LogP contribution in [-0.2, 0) is 0 Å². The minimum Gasteiger partial charge on any atom is -0.388 e. The van der Waals surface area contributed by atoms with Gasteiger partial charge in [0.2, 0.25) is 0 Å². The van der Waals surface area contributed by atoms with Crippen LogP contribution < -0.4 is 10.6 Å². The minimum atomic E-state index is -0.358. The number of fused-ring (bicyclic) bond motifs is 1. The molecule has 1 fully saturated rings. The van der Waals surface area contributed by atoms with E-state index in [0.29, 0.717) is 28.3 Å². The maximum Gasteiger partial charge on any atom is 0.255 e. The second-order valence-corrected chi connectivity index (χ2v) is 8.56. The van der Waals surface area contributed by atoms with Crippen LogP contribution in [0.5, 0.6) is 0 Å². The number of aromatic amines is 1. The average Bonchev–Trinajstić information content (AvgIpc) is 3.44. The predicted octanol–water partition coefficient (Wildman–Crippen LogP) is 3.82. The molecule has 4 N–H and O–H groups in total. The van der Waals surface area contributed by atoms with Gasteiger partial charge >= 0.3 is 0 Å². The first-order chi connectivity index (χ1) is 13.8. The number of carbonyl (C=O) groups excluding carboxylic acids is 1. The van der Waals surface area contributed by atoms with Gasteiger partial charge in [0.15, 0.2) is 5.65 Å². The van der Waals surface area contributed by atoms with Crippen LogP contribution in [-0.4, -0.2) is 39.2 Å². The largest absolute Gasteiger partial charge is 0.388 e. The van der Waals surface area contributed by atoms with E-state index < -0.39 is 0 Å². The van der Waals surface area contributed by atoms with E-state index in [9.17, 15) is 4.79 Å². The Balaban J connectivity index is 1.73. The molecule has 0 unspecified atom stereocenters. The van der Waals surface area contributed by atoms with Crippen LogP contribution in [0.2, 0.25) is 0 Å². The molecule has 4 rings (SSSR count). The number of nitrogens with one attached hydrogen (secondary N) is 4. The van der Waals surface area contributed by atoms with Crippen molar-refractivity contribution < 1.29 is 4.79 Å². The maximum absolute atomic E-state index is 12.7. The molecule has 1 aliphatic rings. The predicted molar refractivity (Wildman–Crippen MR) is 115 cm³/mol. The van der Waals surface area contributed by atoms with Crippen LogP contribution in [0.4, 0.5) is 5.69 Å². The molecule has 0 radical (unpaired) electrons. The van der Waals surface area contributed by atoms with Gasteiger partial charge in [-0.1, -0.05) is 6.07 Å². The highest BCUT2D eigenvalue weighted by atomic mass is 16.1. The number of anilines is 1. The molecule has 0 saturated heterocycles. The number of aromatic nitrogens is 3. The van der Waals surface area contributed by atoms with Crippen LogP contribution in [0.15, 0.2) is 30.6 Å². The van der Waals surface area contributed by atoms with E-state index >= 15 is 0 Å². The Bertz CT molecular complexity index is 1100. The summed E-state index contributed by atoms with van der Waals surface area (Å²) in [5.41, 5.74) is 4.72. The molecule has 0 spiro atoms. The number of rotatable bonds is 5. The number of H-pyrrole nitrogens is 1. The fourth-order valence-corrected chi connectivity index (χ4v) is 3.39. The Morgan fingerprint density at radius 1 is 1.24 bits per heavy atom. The monoisotopic (exact) mass is 390 g/mol. The lowest BCUT2D eigenvalue weighted by atomic mass is 10.00. The summed E-state index contributed by atoms with van der Waals surface area (Å²) in [5.74, 6) is 0.381. The highest BCUT2D eigenvalue weighted by Crippen LogP contribution is 2.41. The number of hydrogen-bond donors (Lipinski definition) is 4. The lowest BCUT2D eigenvalue weighted by molar-refractivity contribution is 0.0921. The van der Waals surface area contributed by atoms with Gasteiger partial charge in [-0.25, -0.2) is 9.97 Å². The first-order valence-corrected chi connectivity index (χ1v) is 9.84. The summed E-state index contributed by atoms with van der Waals surface area (Å²) in [6.07, 6.45) is 5.60. The number of nitrogens with zero attached hydrogens (tertiary/aromatic N) is 2. The van der Waals surface area contributed by atoms with E-state index in [1.54, 1.807) is 12.4 Å². The van der Waals surface area contributed by atoms with Crippen LogP contribution >= 0.6 is 0 Å². The molecule has 0 atom stereocenters. The Hall–Kier alpha value is -3.22. The Morgan fingerprint density at radius 3 is 2.66 bits per heavy atom. The number of amides is 1. The molecule has 150 valence electrons. The van der Waals surface area contributed by atoms with Crippen molar-refractivity contribution in [2.45, 2.75) is 45.1 Å². The molecule has 1 aliphatic carbocycles. The fourth-order valence-electron chi connectivity index (χ4n) is 3.39. The molecular formula is C22H26N6O. The van der Waals surface area contributed by atoms with Crippen molar-refractivity contribution in [1.29, 1.82) is 5.41 Å². The van der Waals surface area contributed by atoms with Crippen molar-refractivity contribution in [1.82, 2.24) is 20.3 Å². The molecular weight excluding hydrogens is 364 g/mol. The number of hydrogen-bond acceptors (Lipinski definition) is 5. The van der Waals surface area contributed by atoms with E-state index in [1.165, 1.54) is 18.4 Å². The van der Waals surface area contributed by atoms with Crippen LogP contribution in [0.3, 0.4) is 0 Å². The first kappa shape index (κ1) is 19.1. The topological polar surface area (TPSA) is 107 Å². The highest BCUT2D eigenvalue weighted by Gasteiger charge is 2.25. The van der Waals surface area contributed by atoms with Crippen LogP contribution in [0.1, 0.15) is 66.7 Å².